The van der Waals surface area contributed by atoms with Gasteiger partial charge in [-0.25, -0.2) is 0 Å². The number of likely N-dealkylation sites (N-methyl/N-ethyl adjacent to an activating group) is 1. The molecule has 0 aromatic heterocycles. The van der Waals surface area contributed by atoms with Gasteiger partial charge in [0.05, 0.1) is 6.04 Å². The third-order valence-electron chi connectivity index (χ3n) is 6.49. The highest BCUT2D eigenvalue weighted by Crippen LogP contribution is 2.13. The molecule has 0 saturated carbocycles. The molecular formula is C34H73N3O3. The molecule has 0 saturated heterocycles. The van der Waals surface area contributed by atoms with Gasteiger partial charge in [0.2, 0.25) is 11.8 Å². The minimum Gasteiger partial charge on any atom is -0.356 e. The first-order valence-corrected chi connectivity index (χ1v) is 17.2. The van der Waals surface area contributed by atoms with E-state index in [-0.39, 0.29) is 23.6 Å². The lowest BCUT2D eigenvalue weighted by molar-refractivity contribution is -0.123. The highest BCUT2D eigenvalue weighted by atomic mass is 16.2. The molecule has 2 amide bonds. The molecular weight excluding hydrogens is 498 g/mol. The van der Waals surface area contributed by atoms with E-state index in [9.17, 15) is 14.4 Å². The van der Waals surface area contributed by atoms with E-state index in [4.69, 9.17) is 0 Å². The quantitative estimate of drug-likeness (QED) is 0.0955. The van der Waals surface area contributed by atoms with Gasteiger partial charge in [0.1, 0.15) is 5.78 Å². The van der Waals surface area contributed by atoms with Crippen LogP contribution in [-0.4, -0.2) is 43.8 Å². The maximum absolute atomic E-state index is 11.9. The standard InChI is InChI=1S/C28H55N3O3.3C2H6/c1-4-5-6-7-8-9-10-11-12-13-14-15-16-21-27(33)31-24-19-22-28(34)30-23-18-17-20-26(29-3)25(2)32;3*1-2/h26,29H,4-24H2,1-3H3,(H,30,34)(H,31,33);3*1-2H3. The summed E-state index contributed by atoms with van der Waals surface area (Å²) >= 11 is 0. The zero-order valence-corrected chi connectivity index (χ0v) is 28.7. The molecule has 40 heavy (non-hydrogen) atoms. The molecule has 242 valence electrons. The molecule has 0 spiro atoms. The summed E-state index contributed by atoms with van der Waals surface area (Å²) in [4.78, 5) is 35.1. The maximum Gasteiger partial charge on any atom is 0.220 e. The van der Waals surface area contributed by atoms with Crippen LogP contribution in [0.5, 0.6) is 0 Å². The summed E-state index contributed by atoms with van der Waals surface area (Å²) in [6, 6.07) is -0.0842. The van der Waals surface area contributed by atoms with Crippen molar-refractivity contribution in [1.82, 2.24) is 16.0 Å². The molecule has 0 aliphatic rings. The normalized spacial score (nSPS) is 10.5. The molecule has 1 unspecified atom stereocenters. The average Bonchev–Trinajstić information content (AvgIpc) is 2.98. The number of unbranched alkanes of at least 4 members (excludes halogenated alkanes) is 13. The Morgan fingerprint density at radius 2 is 0.900 bits per heavy atom. The first-order chi connectivity index (χ1) is 19.5. The summed E-state index contributed by atoms with van der Waals surface area (Å²) in [5.41, 5.74) is 0. The van der Waals surface area contributed by atoms with Gasteiger partial charge in [0, 0.05) is 25.9 Å². The number of amides is 2. The Bertz CT molecular complexity index is 513. The van der Waals surface area contributed by atoms with Gasteiger partial charge in [-0.3, -0.25) is 14.4 Å². The van der Waals surface area contributed by atoms with Crippen LogP contribution in [0.25, 0.3) is 0 Å². The number of hydrogen-bond acceptors (Lipinski definition) is 4. The SMILES string of the molecule is CC.CC.CC.CCCCCCCCCCCCCCCC(=O)NCCCC(=O)NCCCCC(NC)C(C)=O. The Hall–Kier alpha value is -1.43. The number of nitrogens with one attached hydrogen (secondary N) is 3. The van der Waals surface area contributed by atoms with Crippen LogP contribution in [0.2, 0.25) is 0 Å². The van der Waals surface area contributed by atoms with E-state index in [0.29, 0.717) is 32.4 Å². The molecule has 0 bridgehead atoms. The fourth-order valence-electron chi connectivity index (χ4n) is 4.21. The molecule has 0 fully saturated rings. The largest absolute Gasteiger partial charge is 0.356 e. The van der Waals surface area contributed by atoms with Crippen molar-refractivity contribution in [1.29, 1.82) is 0 Å². The third-order valence-corrected chi connectivity index (χ3v) is 6.49. The van der Waals surface area contributed by atoms with E-state index in [2.05, 4.69) is 22.9 Å². The molecule has 1 atom stereocenters. The minimum absolute atomic E-state index is 0.0301. The molecule has 0 radical (unpaired) electrons. The Morgan fingerprint density at radius 1 is 0.525 bits per heavy atom. The lowest BCUT2D eigenvalue weighted by Gasteiger charge is -2.12. The molecule has 0 aromatic rings. The van der Waals surface area contributed by atoms with E-state index >= 15 is 0 Å². The van der Waals surface area contributed by atoms with Crippen LogP contribution in [0, 0.1) is 0 Å². The van der Waals surface area contributed by atoms with E-state index < -0.39 is 0 Å². The molecule has 0 aliphatic heterocycles. The number of rotatable bonds is 25. The summed E-state index contributed by atoms with van der Waals surface area (Å²) in [5.74, 6) is 0.290. The van der Waals surface area contributed by atoms with Crippen molar-refractivity contribution < 1.29 is 14.4 Å². The first kappa shape index (κ1) is 45.6. The monoisotopic (exact) mass is 572 g/mol. The Labute approximate surface area is 251 Å². The zero-order chi connectivity index (χ0) is 31.3. The Balaban J connectivity index is -0.00000100. The molecule has 6 heteroatoms. The van der Waals surface area contributed by atoms with E-state index in [1.807, 2.05) is 41.5 Å². The van der Waals surface area contributed by atoms with Gasteiger partial charge < -0.3 is 16.0 Å². The van der Waals surface area contributed by atoms with Crippen LogP contribution in [0.4, 0.5) is 0 Å². The van der Waals surface area contributed by atoms with Crippen molar-refractivity contribution in [2.24, 2.45) is 0 Å². The number of hydrogen-bond donors (Lipinski definition) is 3. The van der Waals surface area contributed by atoms with Gasteiger partial charge in [-0.1, -0.05) is 126 Å². The predicted octanol–water partition coefficient (Wildman–Crippen LogP) is 8.91. The lowest BCUT2D eigenvalue weighted by Crippen LogP contribution is -2.32. The van der Waals surface area contributed by atoms with Crippen LogP contribution < -0.4 is 16.0 Å². The van der Waals surface area contributed by atoms with Gasteiger partial charge in [-0.2, -0.15) is 0 Å². The average molecular weight is 572 g/mol. The summed E-state index contributed by atoms with van der Waals surface area (Å²) in [6.45, 7) is 17.1. The number of Topliss-reactive ketones (excluding diaryl/α,β-unsaturated/α-hetero) is 1. The fourth-order valence-corrected chi connectivity index (χ4v) is 4.21. The van der Waals surface area contributed by atoms with Crippen LogP contribution in [-0.2, 0) is 14.4 Å². The van der Waals surface area contributed by atoms with E-state index in [0.717, 1.165) is 32.1 Å². The summed E-state index contributed by atoms with van der Waals surface area (Å²) in [7, 11) is 1.80. The maximum atomic E-state index is 11.9. The predicted molar refractivity (Wildman–Crippen MR) is 177 cm³/mol. The van der Waals surface area contributed by atoms with Crippen molar-refractivity contribution in [3.8, 4) is 0 Å². The third kappa shape index (κ3) is 38.7. The second-order valence-corrected chi connectivity index (χ2v) is 9.74. The lowest BCUT2D eigenvalue weighted by atomic mass is 10.0. The Kier molecular flexibility index (Phi) is 47.9. The minimum atomic E-state index is -0.0842. The summed E-state index contributed by atoms with van der Waals surface area (Å²) in [5, 5.41) is 8.85. The van der Waals surface area contributed by atoms with Gasteiger partial charge in [0.25, 0.3) is 0 Å². The zero-order valence-electron chi connectivity index (χ0n) is 28.7. The van der Waals surface area contributed by atoms with Crippen molar-refractivity contribution in [3.05, 3.63) is 0 Å². The van der Waals surface area contributed by atoms with Crippen molar-refractivity contribution >= 4 is 17.6 Å². The second kappa shape index (κ2) is 42.0. The topological polar surface area (TPSA) is 87.3 Å². The van der Waals surface area contributed by atoms with Gasteiger partial charge in [0.15, 0.2) is 0 Å². The van der Waals surface area contributed by atoms with Crippen LogP contribution >= 0.6 is 0 Å². The van der Waals surface area contributed by atoms with Crippen LogP contribution in [0.15, 0.2) is 0 Å². The van der Waals surface area contributed by atoms with E-state index in [1.54, 1.807) is 14.0 Å². The van der Waals surface area contributed by atoms with Gasteiger partial charge in [-0.15, -0.1) is 0 Å². The summed E-state index contributed by atoms with van der Waals surface area (Å²) < 4.78 is 0. The molecule has 0 aromatic carbocycles. The van der Waals surface area contributed by atoms with Crippen molar-refractivity contribution in [2.45, 2.75) is 183 Å². The van der Waals surface area contributed by atoms with Gasteiger partial charge in [-0.05, 0) is 46.1 Å². The summed E-state index contributed by atoms with van der Waals surface area (Å²) in [6.07, 6.45) is 21.3. The van der Waals surface area contributed by atoms with E-state index in [1.165, 1.54) is 70.6 Å². The fraction of sp³-hybridized carbons (Fsp3) is 0.912. The Morgan fingerprint density at radius 3 is 1.30 bits per heavy atom. The highest BCUT2D eigenvalue weighted by molar-refractivity contribution is 5.81. The number of ketones is 1. The van der Waals surface area contributed by atoms with Gasteiger partial charge >= 0.3 is 0 Å². The van der Waals surface area contributed by atoms with Crippen LogP contribution in [0.3, 0.4) is 0 Å². The molecule has 0 rings (SSSR count). The molecule has 6 nitrogen and oxygen atoms in total. The van der Waals surface area contributed by atoms with Crippen molar-refractivity contribution in [2.75, 3.05) is 20.1 Å². The van der Waals surface area contributed by atoms with Crippen LogP contribution in [0.1, 0.15) is 177 Å². The van der Waals surface area contributed by atoms with Crippen molar-refractivity contribution in [3.63, 3.8) is 0 Å². The second-order valence-electron chi connectivity index (χ2n) is 9.74. The number of carbonyl (C=O) groups excluding carboxylic acids is 3. The molecule has 0 heterocycles. The first-order valence-electron chi connectivity index (χ1n) is 17.2. The smallest absolute Gasteiger partial charge is 0.220 e. The number of carbonyl (C=O) groups is 3. The molecule has 3 N–H and O–H groups in total. The highest BCUT2D eigenvalue weighted by Gasteiger charge is 2.10. The molecule has 0 aliphatic carbocycles.